The van der Waals surface area contributed by atoms with Gasteiger partial charge in [-0.1, -0.05) is 28.1 Å². The smallest absolute Gasteiger partial charge is 0.254 e. The van der Waals surface area contributed by atoms with E-state index in [4.69, 9.17) is 0 Å². The maximum atomic E-state index is 13.1. The third-order valence-corrected chi connectivity index (χ3v) is 6.84. The van der Waals surface area contributed by atoms with E-state index >= 15 is 0 Å². The lowest BCUT2D eigenvalue weighted by Crippen LogP contribution is -2.50. The van der Waals surface area contributed by atoms with Crippen molar-refractivity contribution in [2.45, 2.75) is 4.90 Å². The number of nitrogens with zero attached hydrogens (tertiary/aromatic N) is 3. The van der Waals surface area contributed by atoms with Crippen LogP contribution in [0.1, 0.15) is 5.56 Å². The molecule has 29 heavy (non-hydrogen) atoms. The third-order valence-electron chi connectivity index (χ3n) is 4.40. The van der Waals surface area contributed by atoms with Crippen LogP contribution in [0.25, 0.3) is 0 Å². The lowest BCUT2D eigenvalue weighted by Gasteiger charge is -2.33. The molecule has 0 spiro atoms. The number of piperazine rings is 1. The molecule has 0 radical (unpaired) electrons. The summed E-state index contributed by atoms with van der Waals surface area (Å²) in [5, 5.41) is 3.82. The van der Waals surface area contributed by atoms with E-state index in [0.717, 1.165) is 4.47 Å². The van der Waals surface area contributed by atoms with Crippen molar-refractivity contribution in [3.05, 3.63) is 64.4 Å². The van der Waals surface area contributed by atoms with E-state index in [1.165, 1.54) is 22.7 Å². The molecule has 1 saturated heterocycles. The molecule has 0 unspecified atom stereocenters. The first-order valence-corrected chi connectivity index (χ1v) is 11.1. The molecule has 1 aliphatic rings. The Morgan fingerprint density at radius 2 is 1.83 bits per heavy atom. The third kappa shape index (κ3) is 5.92. The molecule has 7 nitrogen and oxygen atoms in total. The molecule has 154 valence electrons. The zero-order chi connectivity index (χ0) is 20.9. The molecule has 3 rings (SSSR count). The fraction of sp³-hybridized carbons (Fsp3) is 0.263. The molecule has 0 bridgehead atoms. The zero-order valence-corrected chi connectivity index (χ0v) is 17.9. The van der Waals surface area contributed by atoms with Crippen LogP contribution < -0.4 is 5.43 Å². The lowest BCUT2D eigenvalue weighted by atomic mass is 10.2. The summed E-state index contributed by atoms with van der Waals surface area (Å²) in [6, 6.07) is 12.4. The number of halogens is 2. The van der Waals surface area contributed by atoms with E-state index in [2.05, 4.69) is 26.5 Å². The van der Waals surface area contributed by atoms with Gasteiger partial charge in [-0.15, -0.1) is 0 Å². The van der Waals surface area contributed by atoms with Crippen molar-refractivity contribution in [3.8, 4) is 0 Å². The number of benzene rings is 2. The predicted octanol–water partition coefficient (Wildman–Crippen LogP) is 2.04. The summed E-state index contributed by atoms with van der Waals surface area (Å²) in [5.74, 6) is -0.696. The van der Waals surface area contributed by atoms with Crippen molar-refractivity contribution in [1.82, 2.24) is 14.6 Å². The minimum Gasteiger partial charge on any atom is -0.292 e. The maximum absolute atomic E-state index is 13.1. The summed E-state index contributed by atoms with van der Waals surface area (Å²) >= 11 is 3.29. The predicted molar refractivity (Wildman–Crippen MR) is 111 cm³/mol. The van der Waals surface area contributed by atoms with Gasteiger partial charge >= 0.3 is 0 Å². The highest BCUT2D eigenvalue weighted by molar-refractivity contribution is 9.10. The number of carbonyl (C=O) groups is 1. The van der Waals surface area contributed by atoms with Gasteiger partial charge in [-0.3, -0.25) is 9.69 Å². The van der Waals surface area contributed by atoms with Crippen LogP contribution in [-0.2, 0) is 14.8 Å². The Balaban J connectivity index is 1.48. The Morgan fingerprint density at radius 3 is 2.48 bits per heavy atom. The second-order valence-electron chi connectivity index (χ2n) is 6.48. The molecule has 1 amide bonds. The van der Waals surface area contributed by atoms with Gasteiger partial charge in [-0.2, -0.15) is 9.41 Å². The van der Waals surface area contributed by atoms with Gasteiger partial charge in [0.25, 0.3) is 5.91 Å². The Hall–Kier alpha value is -2.14. The van der Waals surface area contributed by atoms with E-state index < -0.39 is 10.0 Å². The Labute approximate surface area is 177 Å². The molecular formula is C19H20BrFN4O3S. The first kappa shape index (κ1) is 21.6. The monoisotopic (exact) mass is 482 g/mol. The van der Waals surface area contributed by atoms with Crippen molar-refractivity contribution < 1.29 is 17.6 Å². The fourth-order valence-corrected chi connectivity index (χ4v) is 4.57. The van der Waals surface area contributed by atoms with Gasteiger partial charge in [0.1, 0.15) is 5.82 Å². The number of hydrogen-bond acceptors (Lipinski definition) is 5. The molecule has 0 atom stereocenters. The van der Waals surface area contributed by atoms with E-state index in [1.54, 1.807) is 36.4 Å². The highest BCUT2D eigenvalue weighted by Gasteiger charge is 2.28. The second kappa shape index (κ2) is 9.57. The fourth-order valence-electron chi connectivity index (χ4n) is 2.89. The SMILES string of the molecule is O=C(CN1CCN(S(=O)(=O)c2ccc(Br)cc2)CC1)N/N=C/c1cccc(F)c1. The summed E-state index contributed by atoms with van der Waals surface area (Å²) in [4.78, 5) is 14.1. The number of hydrogen-bond donors (Lipinski definition) is 1. The van der Waals surface area contributed by atoms with Crippen molar-refractivity contribution in [1.29, 1.82) is 0 Å². The summed E-state index contributed by atoms with van der Waals surface area (Å²) in [7, 11) is -3.55. The van der Waals surface area contributed by atoms with Crippen molar-refractivity contribution in [2.75, 3.05) is 32.7 Å². The summed E-state index contributed by atoms with van der Waals surface area (Å²) in [5.41, 5.74) is 2.94. The second-order valence-corrected chi connectivity index (χ2v) is 9.34. The molecule has 1 heterocycles. The van der Waals surface area contributed by atoms with Crippen molar-refractivity contribution in [3.63, 3.8) is 0 Å². The molecule has 10 heteroatoms. The number of amides is 1. The normalized spacial score (nSPS) is 16.2. The van der Waals surface area contributed by atoms with Crippen LogP contribution in [0.5, 0.6) is 0 Å². The van der Waals surface area contributed by atoms with Gasteiger partial charge in [-0.25, -0.2) is 18.2 Å². The van der Waals surface area contributed by atoms with E-state index in [1.807, 2.05) is 4.90 Å². The Morgan fingerprint density at radius 1 is 1.14 bits per heavy atom. The van der Waals surface area contributed by atoms with Gasteiger partial charge in [-0.05, 0) is 42.0 Å². The number of carbonyl (C=O) groups excluding carboxylic acids is 1. The van der Waals surface area contributed by atoms with Crippen molar-refractivity contribution >= 4 is 38.1 Å². The first-order valence-electron chi connectivity index (χ1n) is 8.90. The summed E-state index contributed by atoms with van der Waals surface area (Å²) in [6.07, 6.45) is 1.36. The number of hydrazone groups is 1. The molecule has 1 aliphatic heterocycles. The van der Waals surface area contributed by atoms with Gasteiger partial charge < -0.3 is 0 Å². The Bertz CT molecular complexity index is 991. The quantitative estimate of drug-likeness (QED) is 0.504. The van der Waals surface area contributed by atoms with E-state index in [0.29, 0.717) is 31.7 Å². The first-order chi connectivity index (χ1) is 13.8. The maximum Gasteiger partial charge on any atom is 0.254 e. The lowest BCUT2D eigenvalue weighted by molar-refractivity contribution is -0.122. The molecule has 0 aromatic heterocycles. The van der Waals surface area contributed by atoms with Crippen LogP contribution >= 0.6 is 15.9 Å². The van der Waals surface area contributed by atoms with Gasteiger partial charge in [0, 0.05) is 30.7 Å². The number of sulfonamides is 1. The van der Waals surface area contributed by atoms with E-state index in [9.17, 15) is 17.6 Å². The number of rotatable bonds is 6. The van der Waals surface area contributed by atoms with Crippen LogP contribution in [-0.4, -0.2) is 62.5 Å². The molecule has 1 N–H and O–H groups in total. The minimum absolute atomic E-state index is 0.104. The average Bonchev–Trinajstić information content (AvgIpc) is 2.69. The molecule has 1 fully saturated rings. The highest BCUT2D eigenvalue weighted by atomic mass is 79.9. The zero-order valence-electron chi connectivity index (χ0n) is 15.5. The number of nitrogens with one attached hydrogen (secondary N) is 1. The van der Waals surface area contributed by atoms with Crippen LogP contribution in [0.4, 0.5) is 4.39 Å². The largest absolute Gasteiger partial charge is 0.292 e. The molecule has 2 aromatic carbocycles. The van der Waals surface area contributed by atoms with Crippen LogP contribution in [0.15, 0.2) is 63.0 Å². The molecule has 0 saturated carbocycles. The molecular weight excluding hydrogens is 463 g/mol. The van der Waals surface area contributed by atoms with Crippen LogP contribution in [0.3, 0.4) is 0 Å². The average molecular weight is 483 g/mol. The summed E-state index contributed by atoms with van der Waals surface area (Å²) in [6.45, 7) is 1.59. The summed E-state index contributed by atoms with van der Waals surface area (Å²) < 4.78 is 40.7. The standard InChI is InChI=1S/C19H20BrFN4O3S/c20-16-4-6-18(7-5-16)29(27,28)25-10-8-24(9-11-25)14-19(26)23-22-13-15-2-1-3-17(21)12-15/h1-7,12-13H,8-11,14H2,(H,23,26)/b22-13+. The molecule has 0 aliphatic carbocycles. The molecule has 2 aromatic rings. The van der Waals surface area contributed by atoms with Crippen LogP contribution in [0.2, 0.25) is 0 Å². The highest BCUT2D eigenvalue weighted by Crippen LogP contribution is 2.20. The topological polar surface area (TPSA) is 82.1 Å². The van der Waals surface area contributed by atoms with Gasteiger partial charge in [0.2, 0.25) is 10.0 Å². The van der Waals surface area contributed by atoms with Crippen LogP contribution in [0, 0.1) is 5.82 Å². The van der Waals surface area contributed by atoms with Crippen molar-refractivity contribution in [2.24, 2.45) is 5.10 Å². The minimum atomic E-state index is -3.55. The van der Waals surface area contributed by atoms with E-state index in [-0.39, 0.29) is 23.2 Å². The van der Waals surface area contributed by atoms with Gasteiger partial charge in [0.05, 0.1) is 17.7 Å². The van der Waals surface area contributed by atoms with Gasteiger partial charge in [0.15, 0.2) is 0 Å². The Kier molecular flexibility index (Phi) is 7.12.